The molecule has 11 heteroatoms. The van der Waals surface area contributed by atoms with Crippen LogP contribution in [0.25, 0.3) is 0 Å². The molecule has 0 aliphatic heterocycles. The van der Waals surface area contributed by atoms with Gasteiger partial charge in [0.2, 0.25) is 10.4 Å². The largest absolute Gasteiger partial charge is 1.00 e. The summed E-state index contributed by atoms with van der Waals surface area (Å²) in [6, 6.07) is 0. The van der Waals surface area contributed by atoms with Crippen molar-refractivity contribution in [3.8, 4) is 0 Å². The first-order valence-electron chi connectivity index (χ1n) is 3.97. The van der Waals surface area contributed by atoms with E-state index in [1.807, 2.05) is 0 Å². The second kappa shape index (κ2) is 8.48. The average Bonchev–Trinajstić information content (AvgIpc) is 2.21. The predicted molar refractivity (Wildman–Crippen MR) is 45.7 cm³/mol. The van der Waals surface area contributed by atoms with Gasteiger partial charge in [0.1, 0.15) is 24.4 Å². The summed E-state index contributed by atoms with van der Waals surface area (Å²) in [5.41, 5.74) is 0. The van der Waals surface area contributed by atoms with Crippen LogP contribution >= 0.6 is 0 Å². The van der Waals surface area contributed by atoms with Crippen LogP contribution in [0, 0.1) is 0 Å². The van der Waals surface area contributed by atoms with E-state index in [4.69, 9.17) is 20.4 Å². The number of rotatable bonds is 7. The van der Waals surface area contributed by atoms with Crippen molar-refractivity contribution < 1.29 is 71.9 Å². The van der Waals surface area contributed by atoms with Gasteiger partial charge in [0.15, 0.2) is 6.29 Å². The monoisotopic (exact) mass is 282 g/mol. The molecule has 0 aliphatic carbocycles. The Balaban J connectivity index is 0. The number of hydrogen-bond acceptors (Lipinski definition) is 9. The first-order valence-corrected chi connectivity index (χ1v) is 5.30. The normalized spacial score (nSPS) is 18.6. The van der Waals surface area contributed by atoms with Crippen LogP contribution in [0.1, 0.15) is 0 Å². The van der Waals surface area contributed by atoms with Crippen molar-refractivity contribution in [2.45, 2.75) is 24.4 Å². The minimum Gasteiger partial charge on any atom is -0.726 e. The molecule has 0 rings (SSSR count). The summed E-state index contributed by atoms with van der Waals surface area (Å²) in [5, 5.41) is 35.9. The SMILES string of the molecule is O=C[C@H](O)[C@@H](O)[C@H](O)[C@H](O)COS(=O)(=O)[O-].[Na+]. The van der Waals surface area contributed by atoms with Crippen LogP contribution < -0.4 is 29.6 Å². The molecule has 0 aliphatic rings. The smallest absolute Gasteiger partial charge is 0.726 e. The Bertz CT molecular complexity index is 317. The molecule has 0 heterocycles. The third-order valence-electron chi connectivity index (χ3n) is 1.62. The molecule has 0 aromatic carbocycles. The molecule has 0 saturated heterocycles. The van der Waals surface area contributed by atoms with Crippen molar-refractivity contribution in [1.82, 2.24) is 0 Å². The van der Waals surface area contributed by atoms with Gasteiger partial charge in [-0.3, -0.25) is 4.18 Å². The van der Waals surface area contributed by atoms with Gasteiger partial charge in [-0.05, 0) is 0 Å². The summed E-state index contributed by atoms with van der Waals surface area (Å²) in [6.45, 7) is -1.10. The maximum absolute atomic E-state index is 10.0. The molecule has 0 bridgehead atoms. The zero-order valence-electron chi connectivity index (χ0n) is 8.83. The molecule has 0 spiro atoms. The Hall–Kier alpha value is 0.380. The first kappa shape index (κ1) is 19.7. The van der Waals surface area contributed by atoms with Gasteiger partial charge in [0.05, 0.1) is 6.61 Å². The number of carbonyl (C=O) groups excluding carboxylic acids is 1. The summed E-state index contributed by atoms with van der Waals surface area (Å²) in [5.74, 6) is 0. The zero-order valence-corrected chi connectivity index (χ0v) is 11.6. The summed E-state index contributed by atoms with van der Waals surface area (Å²) in [7, 11) is -5.04. The van der Waals surface area contributed by atoms with Crippen LogP contribution in [0.15, 0.2) is 0 Å². The maximum Gasteiger partial charge on any atom is 1.00 e. The van der Waals surface area contributed by atoms with E-state index in [0.717, 1.165) is 0 Å². The molecule has 0 unspecified atom stereocenters. The molecule has 4 atom stereocenters. The molecule has 9 nitrogen and oxygen atoms in total. The third-order valence-corrected chi connectivity index (χ3v) is 2.04. The van der Waals surface area contributed by atoms with Crippen molar-refractivity contribution >= 4 is 16.7 Å². The van der Waals surface area contributed by atoms with E-state index in [2.05, 4.69) is 4.18 Å². The van der Waals surface area contributed by atoms with Gasteiger partial charge in [0.25, 0.3) is 0 Å². The second-order valence-electron chi connectivity index (χ2n) is 2.87. The molecule has 96 valence electrons. The summed E-state index contributed by atoms with van der Waals surface area (Å²) in [4.78, 5) is 10.0. The van der Waals surface area contributed by atoms with Crippen LogP contribution in [0.4, 0.5) is 0 Å². The molecule has 0 saturated carbocycles. The Morgan fingerprint density at radius 3 is 2.00 bits per heavy atom. The molecular weight excluding hydrogens is 271 g/mol. The maximum atomic E-state index is 10.0. The van der Waals surface area contributed by atoms with Gasteiger partial charge in [-0.15, -0.1) is 0 Å². The second-order valence-corrected chi connectivity index (χ2v) is 3.92. The van der Waals surface area contributed by atoms with Gasteiger partial charge >= 0.3 is 29.6 Å². The van der Waals surface area contributed by atoms with Crippen molar-refractivity contribution in [2.75, 3.05) is 6.61 Å². The van der Waals surface area contributed by atoms with Gasteiger partial charge in [-0.2, -0.15) is 0 Å². The van der Waals surface area contributed by atoms with Crippen LogP contribution in [0.5, 0.6) is 0 Å². The number of hydrogen-bond donors (Lipinski definition) is 4. The van der Waals surface area contributed by atoms with Crippen molar-refractivity contribution in [3.63, 3.8) is 0 Å². The molecule has 0 amide bonds. The van der Waals surface area contributed by atoms with Gasteiger partial charge in [-0.1, -0.05) is 0 Å². The Kier molecular flexibility index (Phi) is 9.83. The van der Waals surface area contributed by atoms with E-state index in [9.17, 15) is 17.8 Å². The minimum absolute atomic E-state index is 0. The molecular formula is C6H11NaO9S. The fourth-order valence-corrected chi connectivity index (χ4v) is 1.07. The number of aliphatic hydroxyl groups is 4. The minimum atomic E-state index is -5.04. The van der Waals surface area contributed by atoms with E-state index < -0.39 is 41.4 Å². The van der Waals surface area contributed by atoms with Crippen LogP contribution in [-0.2, 0) is 19.4 Å². The topological polar surface area (TPSA) is 164 Å². The first-order chi connectivity index (χ1) is 7.19. The van der Waals surface area contributed by atoms with Crippen molar-refractivity contribution in [1.29, 1.82) is 0 Å². The third kappa shape index (κ3) is 8.15. The van der Waals surface area contributed by atoms with E-state index in [-0.39, 0.29) is 35.8 Å². The average molecular weight is 282 g/mol. The fraction of sp³-hybridized carbons (Fsp3) is 0.833. The molecule has 0 aromatic rings. The van der Waals surface area contributed by atoms with Crippen LogP contribution in [-0.4, -0.2) is 70.7 Å². The van der Waals surface area contributed by atoms with Gasteiger partial charge < -0.3 is 29.8 Å². The molecule has 0 radical (unpaired) electrons. The quantitative estimate of drug-likeness (QED) is 0.154. The van der Waals surface area contributed by atoms with Gasteiger partial charge in [-0.25, -0.2) is 8.42 Å². The molecule has 0 aromatic heterocycles. The van der Waals surface area contributed by atoms with E-state index in [1.54, 1.807) is 0 Å². The van der Waals surface area contributed by atoms with E-state index in [0.29, 0.717) is 0 Å². The van der Waals surface area contributed by atoms with Crippen molar-refractivity contribution in [3.05, 3.63) is 0 Å². The summed E-state index contributed by atoms with van der Waals surface area (Å²) in [6.07, 6.45) is -8.06. The predicted octanol–water partition coefficient (Wildman–Crippen LogP) is -6.89. The Morgan fingerprint density at radius 1 is 1.18 bits per heavy atom. The molecule has 4 N–H and O–H groups in total. The summed E-state index contributed by atoms with van der Waals surface area (Å²) < 4.78 is 33.5. The fourth-order valence-electron chi connectivity index (χ4n) is 0.762. The zero-order chi connectivity index (χ0) is 12.9. The molecule has 0 fully saturated rings. The van der Waals surface area contributed by atoms with Crippen molar-refractivity contribution in [2.24, 2.45) is 0 Å². The van der Waals surface area contributed by atoms with Gasteiger partial charge in [0, 0.05) is 0 Å². The number of aldehydes is 1. The Morgan fingerprint density at radius 2 is 1.65 bits per heavy atom. The number of aliphatic hydroxyl groups excluding tert-OH is 4. The number of carbonyl (C=O) groups is 1. The Labute approximate surface area is 119 Å². The van der Waals surface area contributed by atoms with Crippen LogP contribution in [0.3, 0.4) is 0 Å². The summed E-state index contributed by atoms with van der Waals surface area (Å²) >= 11 is 0. The standard InChI is InChI=1S/C6H12O9S.Na/c7-1-3(8)5(10)6(11)4(9)2-15-16(12,13)14;/h1,3-6,8-11H,2H2,(H,12,13,14);/q;+1/p-1/t3-,4+,5+,6+;/m0./s1. The van der Waals surface area contributed by atoms with Crippen LogP contribution in [0.2, 0.25) is 0 Å². The molecule has 17 heavy (non-hydrogen) atoms. The van der Waals surface area contributed by atoms with E-state index >= 15 is 0 Å². The van der Waals surface area contributed by atoms with E-state index in [1.165, 1.54) is 0 Å².